The van der Waals surface area contributed by atoms with E-state index in [0.29, 0.717) is 0 Å². The summed E-state index contributed by atoms with van der Waals surface area (Å²) in [4.78, 5) is 0. The molecule has 0 atom stereocenters. The molecule has 0 aromatic carbocycles. The van der Waals surface area contributed by atoms with Crippen LogP contribution in [0.4, 0.5) is 0 Å². The van der Waals surface area contributed by atoms with Gasteiger partial charge in [0.1, 0.15) is 0 Å². The molecule has 0 bridgehead atoms. The van der Waals surface area contributed by atoms with Crippen LogP contribution in [0.5, 0.6) is 0 Å². The summed E-state index contributed by atoms with van der Waals surface area (Å²) in [5.41, 5.74) is 0. The van der Waals surface area contributed by atoms with Crippen molar-refractivity contribution in [2.24, 2.45) is 0 Å². The van der Waals surface area contributed by atoms with E-state index in [1.807, 2.05) is 0 Å². The van der Waals surface area contributed by atoms with Gasteiger partial charge in [0.05, 0.1) is 26.2 Å². The van der Waals surface area contributed by atoms with E-state index < -0.39 is 0 Å². The highest BCUT2D eigenvalue weighted by Gasteiger charge is 2.25. The minimum atomic E-state index is 0. The van der Waals surface area contributed by atoms with Gasteiger partial charge in [0.15, 0.2) is 0 Å². The molecule has 2 nitrogen and oxygen atoms in total. The standard InChI is InChI=1S/C24H52N.H2O/c1-5-9-12-15-18-22-25(21-8-4,23-19-16-13-10-6-2)24-20-17-14-11-7-3;/h5-24H2,1-4H3;1H2/q+1;/p-1. The molecule has 0 spiro atoms. The largest absolute Gasteiger partial charge is 0.870 e. The van der Waals surface area contributed by atoms with Crippen molar-refractivity contribution in [1.82, 2.24) is 0 Å². The molecule has 0 aromatic rings. The van der Waals surface area contributed by atoms with Gasteiger partial charge in [-0.3, -0.25) is 0 Å². The Morgan fingerprint density at radius 2 is 0.654 bits per heavy atom. The summed E-state index contributed by atoms with van der Waals surface area (Å²) in [6, 6.07) is 0. The van der Waals surface area contributed by atoms with Gasteiger partial charge in [0.2, 0.25) is 0 Å². The molecule has 0 amide bonds. The topological polar surface area (TPSA) is 30.0 Å². The Labute approximate surface area is 167 Å². The molecule has 0 unspecified atom stereocenters. The summed E-state index contributed by atoms with van der Waals surface area (Å²) in [5, 5.41) is 0. The predicted octanol–water partition coefficient (Wildman–Crippen LogP) is 7.95. The molecule has 0 heterocycles. The van der Waals surface area contributed by atoms with Crippen LogP contribution in [-0.4, -0.2) is 36.1 Å². The molecule has 0 aliphatic rings. The van der Waals surface area contributed by atoms with Crippen molar-refractivity contribution in [1.29, 1.82) is 0 Å². The molecule has 0 rings (SSSR count). The first kappa shape index (κ1) is 28.1. The van der Waals surface area contributed by atoms with Gasteiger partial charge >= 0.3 is 0 Å². The van der Waals surface area contributed by atoms with E-state index in [9.17, 15) is 0 Å². The monoisotopic (exact) mass is 371 g/mol. The van der Waals surface area contributed by atoms with Crippen LogP contribution in [0, 0.1) is 0 Å². The summed E-state index contributed by atoms with van der Waals surface area (Å²) < 4.78 is 1.45. The Hall–Kier alpha value is -0.0800. The number of hydrogen-bond acceptors (Lipinski definition) is 1. The zero-order valence-corrected chi connectivity index (χ0v) is 19.0. The summed E-state index contributed by atoms with van der Waals surface area (Å²) in [7, 11) is 0. The van der Waals surface area contributed by atoms with Crippen molar-refractivity contribution in [3.05, 3.63) is 0 Å². The second-order valence-corrected chi connectivity index (χ2v) is 8.48. The molecule has 0 radical (unpaired) electrons. The Balaban J connectivity index is 0. The molecule has 2 heteroatoms. The van der Waals surface area contributed by atoms with Crippen LogP contribution in [0.15, 0.2) is 0 Å². The lowest BCUT2D eigenvalue weighted by Gasteiger charge is -2.39. The van der Waals surface area contributed by atoms with Crippen LogP contribution in [0.25, 0.3) is 0 Å². The van der Waals surface area contributed by atoms with Crippen molar-refractivity contribution in [3.8, 4) is 0 Å². The zero-order chi connectivity index (χ0) is 18.6. The maximum absolute atomic E-state index is 2.40. The molecule has 1 N–H and O–H groups in total. The van der Waals surface area contributed by atoms with E-state index in [1.54, 1.807) is 0 Å². The molecular formula is C24H53NO. The lowest BCUT2D eigenvalue weighted by molar-refractivity contribution is -0.929. The van der Waals surface area contributed by atoms with E-state index in [1.165, 1.54) is 133 Å². The van der Waals surface area contributed by atoms with Crippen molar-refractivity contribution >= 4 is 0 Å². The molecular weight excluding hydrogens is 318 g/mol. The molecule has 0 saturated carbocycles. The molecule has 0 fully saturated rings. The average molecular weight is 372 g/mol. The number of nitrogens with zero attached hydrogens (tertiary/aromatic N) is 1. The first-order chi connectivity index (χ1) is 12.2. The van der Waals surface area contributed by atoms with Gasteiger partial charge in [0, 0.05) is 0 Å². The van der Waals surface area contributed by atoms with Crippen LogP contribution >= 0.6 is 0 Å². The third kappa shape index (κ3) is 16.1. The minimum absolute atomic E-state index is 0. The zero-order valence-electron chi connectivity index (χ0n) is 19.0. The van der Waals surface area contributed by atoms with Gasteiger partial charge in [-0.05, 0) is 44.9 Å². The van der Waals surface area contributed by atoms with E-state index in [2.05, 4.69) is 27.7 Å². The highest BCUT2D eigenvalue weighted by molar-refractivity contribution is 4.52. The van der Waals surface area contributed by atoms with Crippen LogP contribution in [0.1, 0.15) is 130 Å². The maximum atomic E-state index is 2.40. The Bertz CT molecular complexity index is 219. The van der Waals surface area contributed by atoms with Gasteiger partial charge in [-0.2, -0.15) is 0 Å². The fourth-order valence-corrected chi connectivity index (χ4v) is 4.30. The second kappa shape index (κ2) is 21.2. The number of hydrogen-bond donors (Lipinski definition) is 0. The van der Waals surface area contributed by atoms with Crippen molar-refractivity contribution in [3.63, 3.8) is 0 Å². The van der Waals surface area contributed by atoms with Gasteiger partial charge in [-0.25, -0.2) is 0 Å². The smallest absolute Gasteiger partial charge is 0.0786 e. The molecule has 0 aliphatic heterocycles. The van der Waals surface area contributed by atoms with Crippen LogP contribution in [0.2, 0.25) is 0 Å². The van der Waals surface area contributed by atoms with Crippen LogP contribution in [-0.2, 0) is 0 Å². The fraction of sp³-hybridized carbons (Fsp3) is 1.00. The molecule has 0 aliphatic carbocycles. The summed E-state index contributed by atoms with van der Waals surface area (Å²) >= 11 is 0. The van der Waals surface area contributed by atoms with E-state index in [4.69, 9.17) is 0 Å². The molecule has 0 saturated heterocycles. The number of rotatable bonds is 20. The molecule has 0 aromatic heterocycles. The van der Waals surface area contributed by atoms with Gasteiger partial charge in [0.25, 0.3) is 0 Å². The first-order valence-corrected chi connectivity index (χ1v) is 12.1. The number of quaternary nitrogens is 1. The van der Waals surface area contributed by atoms with Gasteiger partial charge < -0.3 is 9.96 Å². The predicted molar refractivity (Wildman–Crippen MR) is 118 cm³/mol. The van der Waals surface area contributed by atoms with Crippen LogP contribution < -0.4 is 0 Å². The van der Waals surface area contributed by atoms with Crippen molar-refractivity contribution < 1.29 is 9.96 Å². The molecule has 26 heavy (non-hydrogen) atoms. The van der Waals surface area contributed by atoms with E-state index >= 15 is 0 Å². The third-order valence-electron chi connectivity index (χ3n) is 5.91. The van der Waals surface area contributed by atoms with E-state index in [0.717, 1.165) is 0 Å². The third-order valence-corrected chi connectivity index (χ3v) is 5.91. The lowest BCUT2D eigenvalue weighted by Crippen LogP contribution is -2.50. The Kier molecular flexibility index (Phi) is 23.0. The van der Waals surface area contributed by atoms with Crippen molar-refractivity contribution in [2.45, 2.75) is 130 Å². The normalized spacial score (nSPS) is 11.5. The quantitative estimate of drug-likeness (QED) is 0.158. The van der Waals surface area contributed by atoms with Gasteiger partial charge in [-0.1, -0.05) is 85.5 Å². The lowest BCUT2D eigenvalue weighted by atomic mass is 10.1. The second-order valence-electron chi connectivity index (χ2n) is 8.48. The first-order valence-electron chi connectivity index (χ1n) is 12.1. The van der Waals surface area contributed by atoms with Gasteiger partial charge in [-0.15, -0.1) is 0 Å². The van der Waals surface area contributed by atoms with Crippen LogP contribution in [0.3, 0.4) is 0 Å². The van der Waals surface area contributed by atoms with E-state index in [-0.39, 0.29) is 5.48 Å². The summed E-state index contributed by atoms with van der Waals surface area (Å²) in [6.45, 7) is 15.2. The minimum Gasteiger partial charge on any atom is -0.870 e. The van der Waals surface area contributed by atoms with Crippen molar-refractivity contribution in [2.75, 3.05) is 26.2 Å². The summed E-state index contributed by atoms with van der Waals surface area (Å²) in [5.74, 6) is 0. The maximum Gasteiger partial charge on any atom is 0.0786 e. The SMILES string of the molecule is CCCCCCC[N+](CCC)(CCCCCCC)CCCCCCC.[OH-]. The number of unbranched alkanes of at least 4 members (excludes halogenated alkanes) is 12. The fourth-order valence-electron chi connectivity index (χ4n) is 4.30. The Morgan fingerprint density at radius 3 is 0.923 bits per heavy atom. The Morgan fingerprint density at radius 1 is 0.346 bits per heavy atom. The summed E-state index contributed by atoms with van der Waals surface area (Å²) in [6.07, 6.45) is 22.9. The highest BCUT2D eigenvalue weighted by Crippen LogP contribution is 2.18. The average Bonchev–Trinajstić information content (AvgIpc) is 2.61. The highest BCUT2D eigenvalue weighted by atomic mass is 16.0. The molecule has 160 valence electrons.